The lowest BCUT2D eigenvalue weighted by Gasteiger charge is -2.52. The number of hydrogen-bond acceptors (Lipinski definition) is 7. The third kappa shape index (κ3) is 3.14. The van der Waals surface area contributed by atoms with E-state index >= 15 is 0 Å². The first-order chi connectivity index (χ1) is 15.6. The van der Waals surface area contributed by atoms with E-state index in [2.05, 4.69) is 20.0 Å². The number of aryl methyl sites for hydroxylation is 1. The second kappa shape index (κ2) is 7.34. The fourth-order valence-electron chi connectivity index (χ4n) is 4.64. The molecule has 2 fully saturated rings. The van der Waals surface area contributed by atoms with Crippen LogP contribution in [0.2, 0.25) is 5.02 Å². The van der Waals surface area contributed by atoms with Gasteiger partial charge in [-0.25, -0.2) is 0 Å². The lowest BCUT2D eigenvalue weighted by atomic mass is 9.82. The Kier molecular flexibility index (Phi) is 4.43. The summed E-state index contributed by atoms with van der Waals surface area (Å²) in [5.74, 6) is 1.38. The van der Waals surface area contributed by atoms with E-state index in [1.807, 2.05) is 35.2 Å². The van der Waals surface area contributed by atoms with Crippen molar-refractivity contribution in [2.45, 2.75) is 19.4 Å². The zero-order valence-corrected chi connectivity index (χ0v) is 18.1. The highest BCUT2D eigenvalue weighted by Gasteiger charge is 2.45. The molecule has 2 atom stereocenters. The summed E-state index contributed by atoms with van der Waals surface area (Å²) in [7, 11) is 0. The third-order valence-electron chi connectivity index (χ3n) is 6.34. The number of likely N-dealkylation sites (tertiary alicyclic amines) is 1. The number of fused-ring (bicyclic) bond motifs is 2. The highest BCUT2D eigenvalue weighted by Crippen LogP contribution is 2.38. The summed E-state index contributed by atoms with van der Waals surface area (Å²) in [4.78, 5) is 26.4. The summed E-state index contributed by atoms with van der Waals surface area (Å²) in [5.41, 5.74) is 2.67. The molecule has 1 amide bonds. The molecule has 2 aromatic carbocycles. The Labute approximate surface area is 188 Å². The van der Waals surface area contributed by atoms with E-state index < -0.39 is 0 Å². The Morgan fingerprint density at radius 1 is 1.16 bits per heavy atom. The molecule has 0 N–H and O–H groups in total. The molecule has 0 bridgehead atoms. The van der Waals surface area contributed by atoms with Crippen LogP contribution in [0.1, 0.15) is 22.6 Å². The Hall–Kier alpha value is -3.39. The number of hydrogen-bond donors (Lipinski definition) is 0. The van der Waals surface area contributed by atoms with Crippen molar-refractivity contribution in [3.8, 4) is 11.5 Å². The van der Waals surface area contributed by atoms with Crippen molar-refractivity contribution in [2.75, 3.05) is 24.5 Å². The molecule has 2 aliphatic rings. The molecule has 4 heterocycles. The number of halogens is 1. The lowest BCUT2D eigenvalue weighted by molar-refractivity contribution is 0.0584. The van der Waals surface area contributed by atoms with Gasteiger partial charge in [0.2, 0.25) is 0 Å². The van der Waals surface area contributed by atoms with Crippen LogP contribution in [0.3, 0.4) is 0 Å². The van der Waals surface area contributed by atoms with E-state index in [1.165, 1.54) is 0 Å². The van der Waals surface area contributed by atoms with Gasteiger partial charge in [0.15, 0.2) is 11.4 Å². The number of benzene rings is 2. The normalized spacial score (nSPS) is 20.3. The summed E-state index contributed by atoms with van der Waals surface area (Å²) in [6.45, 7) is 3.97. The van der Waals surface area contributed by atoms with Gasteiger partial charge < -0.3 is 18.7 Å². The summed E-state index contributed by atoms with van der Waals surface area (Å²) in [6.07, 6.45) is 0.945. The number of anilines is 1. The SMILES string of the molecule is Cc1noc(-c2ccccc2C(=O)N2CC[C@H]3CN(c4nc5cc(Cl)ccc5o4)[C@H]3C2)n1. The molecule has 0 radical (unpaired) electrons. The van der Waals surface area contributed by atoms with E-state index in [1.54, 1.807) is 19.1 Å². The van der Waals surface area contributed by atoms with Crippen LogP contribution in [0.4, 0.5) is 6.01 Å². The minimum atomic E-state index is -0.0360. The van der Waals surface area contributed by atoms with Gasteiger partial charge in [-0.3, -0.25) is 4.79 Å². The number of carbonyl (C=O) groups is 1. The van der Waals surface area contributed by atoms with Gasteiger partial charge in [0.05, 0.1) is 17.2 Å². The van der Waals surface area contributed by atoms with Crippen LogP contribution in [0.5, 0.6) is 0 Å². The number of carbonyl (C=O) groups excluding carboxylic acids is 1. The molecule has 2 aromatic heterocycles. The van der Waals surface area contributed by atoms with Crippen LogP contribution in [0.15, 0.2) is 51.4 Å². The molecule has 0 spiro atoms. The Morgan fingerprint density at radius 3 is 2.88 bits per heavy atom. The van der Waals surface area contributed by atoms with Gasteiger partial charge in [-0.05, 0) is 43.7 Å². The van der Waals surface area contributed by atoms with Gasteiger partial charge in [0, 0.05) is 30.6 Å². The van der Waals surface area contributed by atoms with Crippen LogP contribution in [-0.2, 0) is 0 Å². The quantitative estimate of drug-likeness (QED) is 0.463. The predicted molar refractivity (Wildman–Crippen MR) is 119 cm³/mol. The molecule has 2 aliphatic heterocycles. The van der Waals surface area contributed by atoms with Gasteiger partial charge in [0.1, 0.15) is 5.52 Å². The molecule has 9 heteroatoms. The van der Waals surface area contributed by atoms with E-state index in [0.29, 0.717) is 58.5 Å². The van der Waals surface area contributed by atoms with E-state index in [9.17, 15) is 4.79 Å². The minimum absolute atomic E-state index is 0.0360. The first kappa shape index (κ1) is 19.3. The van der Waals surface area contributed by atoms with Crippen molar-refractivity contribution < 1.29 is 13.7 Å². The maximum absolute atomic E-state index is 13.5. The fraction of sp³-hybridized carbons (Fsp3) is 0.304. The fourth-order valence-corrected chi connectivity index (χ4v) is 4.81. The molecule has 6 rings (SSSR count). The molecule has 0 unspecified atom stereocenters. The molecule has 162 valence electrons. The maximum Gasteiger partial charge on any atom is 0.298 e. The third-order valence-corrected chi connectivity index (χ3v) is 6.57. The number of aromatic nitrogens is 3. The average Bonchev–Trinajstić information content (AvgIpc) is 3.39. The monoisotopic (exact) mass is 449 g/mol. The zero-order chi connectivity index (χ0) is 21.8. The molecule has 8 nitrogen and oxygen atoms in total. The van der Waals surface area contributed by atoms with E-state index in [-0.39, 0.29) is 11.9 Å². The number of nitrogens with zero attached hydrogens (tertiary/aromatic N) is 5. The highest BCUT2D eigenvalue weighted by atomic mass is 35.5. The zero-order valence-electron chi connectivity index (χ0n) is 17.4. The molecule has 4 aromatic rings. The van der Waals surface area contributed by atoms with Gasteiger partial charge in [-0.2, -0.15) is 9.97 Å². The number of oxazole rings is 1. The second-order valence-corrected chi connectivity index (χ2v) is 8.76. The van der Waals surface area contributed by atoms with Crippen LogP contribution in [-0.4, -0.2) is 51.6 Å². The van der Waals surface area contributed by atoms with Crippen molar-refractivity contribution in [2.24, 2.45) is 5.92 Å². The van der Waals surface area contributed by atoms with Crippen LogP contribution >= 0.6 is 11.6 Å². The average molecular weight is 450 g/mol. The summed E-state index contributed by atoms with van der Waals surface area (Å²) in [6, 6.07) is 13.6. The predicted octanol–water partition coefficient (Wildman–Crippen LogP) is 4.19. The van der Waals surface area contributed by atoms with Crippen molar-refractivity contribution >= 4 is 34.6 Å². The van der Waals surface area contributed by atoms with Crippen LogP contribution in [0.25, 0.3) is 22.6 Å². The van der Waals surface area contributed by atoms with Crippen molar-refractivity contribution in [3.05, 3.63) is 58.9 Å². The smallest absolute Gasteiger partial charge is 0.298 e. The Balaban J connectivity index is 1.25. The topological polar surface area (TPSA) is 88.5 Å². The molecule has 32 heavy (non-hydrogen) atoms. The Morgan fingerprint density at radius 2 is 2.03 bits per heavy atom. The van der Waals surface area contributed by atoms with Gasteiger partial charge in [-0.1, -0.05) is 28.9 Å². The number of piperidine rings is 1. The van der Waals surface area contributed by atoms with E-state index in [0.717, 1.165) is 18.5 Å². The summed E-state index contributed by atoms with van der Waals surface area (Å²) < 4.78 is 11.3. The van der Waals surface area contributed by atoms with Crippen LogP contribution in [0, 0.1) is 12.8 Å². The van der Waals surface area contributed by atoms with Crippen molar-refractivity contribution in [3.63, 3.8) is 0 Å². The minimum Gasteiger partial charge on any atom is -0.423 e. The standard InChI is InChI=1S/C23H20ClN5O3/c1-13-25-21(32-27-13)16-4-2-3-5-17(16)22(30)28-9-8-14-11-29(19(14)12-28)23-26-18-10-15(24)6-7-20(18)31-23/h2-7,10,14,19H,8-9,11-12H2,1H3/t14-,19-/m0/s1. The van der Waals surface area contributed by atoms with Gasteiger partial charge in [0.25, 0.3) is 17.8 Å². The summed E-state index contributed by atoms with van der Waals surface area (Å²) in [5, 5.41) is 4.49. The molecule has 2 saturated heterocycles. The number of rotatable bonds is 3. The van der Waals surface area contributed by atoms with Crippen molar-refractivity contribution in [1.82, 2.24) is 20.0 Å². The first-order valence-electron chi connectivity index (χ1n) is 10.6. The van der Waals surface area contributed by atoms with Gasteiger partial charge >= 0.3 is 0 Å². The molecular weight excluding hydrogens is 430 g/mol. The molecule has 0 saturated carbocycles. The van der Waals surface area contributed by atoms with Gasteiger partial charge in [-0.15, -0.1) is 0 Å². The Bertz CT molecular complexity index is 1330. The maximum atomic E-state index is 13.5. The second-order valence-electron chi connectivity index (χ2n) is 8.32. The summed E-state index contributed by atoms with van der Waals surface area (Å²) >= 11 is 6.08. The molecule has 0 aliphatic carbocycles. The van der Waals surface area contributed by atoms with Crippen molar-refractivity contribution in [1.29, 1.82) is 0 Å². The molecular formula is C23H20ClN5O3. The largest absolute Gasteiger partial charge is 0.423 e. The number of amides is 1. The highest BCUT2D eigenvalue weighted by molar-refractivity contribution is 6.31. The lowest BCUT2D eigenvalue weighted by Crippen LogP contribution is -2.65. The van der Waals surface area contributed by atoms with Crippen LogP contribution < -0.4 is 4.90 Å². The first-order valence-corrected chi connectivity index (χ1v) is 11.0. The van der Waals surface area contributed by atoms with E-state index in [4.69, 9.17) is 20.5 Å².